The molecule has 0 amide bonds. The highest BCUT2D eigenvalue weighted by atomic mass is 79.9. The van der Waals surface area contributed by atoms with Gasteiger partial charge in [-0.25, -0.2) is 0 Å². The van der Waals surface area contributed by atoms with Crippen molar-refractivity contribution in [3.8, 4) is 24.0 Å². The first-order chi connectivity index (χ1) is 15.9. The molecule has 2 aliphatic carbocycles. The maximum absolute atomic E-state index is 10.3. The second-order valence-corrected chi connectivity index (χ2v) is 9.56. The van der Waals surface area contributed by atoms with Crippen LogP contribution in [-0.2, 0) is 6.61 Å². The smallest absolute Gasteiger partial charge is 0.191 e. The number of nitrogens with zero attached hydrogens (tertiary/aromatic N) is 3. The summed E-state index contributed by atoms with van der Waals surface area (Å²) in [6.07, 6.45) is 4.52. The first kappa shape index (κ1) is 22.9. The Labute approximate surface area is 206 Å². The Morgan fingerprint density at radius 1 is 1.12 bits per heavy atom. The average Bonchev–Trinajstić information content (AvgIpc) is 2.83. The third-order valence-electron chi connectivity index (χ3n) is 6.41. The van der Waals surface area contributed by atoms with E-state index in [1.54, 1.807) is 12.1 Å². The molecule has 0 radical (unpaired) electrons. The number of ether oxygens (including phenoxy) is 1. The molecule has 0 heterocycles. The van der Waals surface area contributed by atoms with E-state index in [0.717, 1.165) is 40.4 Å². The molecule has 164 valence electrons. The number of allylic oxidation sites excluding steroid dienone is 4. The lowest BCUT2D eigenvalue weighted by molar-refractivity contribution is 0.276. The molecule has 7 heteroatoms. The van der Waals surface area contributed by atoms with Crippen LogP contribution in [0.1, 0.15) is 36.3 Å². The summed E-state index contributed by atoms with van der Waals surface area (Å²) < 4.78 is 7.00. The van der Waals surface area contributed by atoms with E-state index in [9.17, 15) is 15.8 Å². The Morgan fingerprint density at radius 2 is 1.85 bits per heavy atom. The van der Waals surface area contributed by atoms with Crippen LogP contribution in [0, 0.1) is 45.3 Å². The minimum atomic E-state index is -1.68. The zero-order valence-electron chi connectivity index (χ0n) is 17.7. The van der Waals surface area contributed by atoms with Crippen molar-refractivity contribution >= 4 is 27.5 Å². The molecule has 2 atom stereocenters. The highest BCUT2D eigenvalue weighted by Crippen LogP contribution is 2.57. The summed E-state index contributed by atoms with van der Waals surface area (Å²) in [6, 6.07) is 19.5. The van der Waals surface area contributed by atoms with Crippen molar-refractivity contribution < 1.29 is 4.74 Å². The molecular weight excluding hydrogens is 500 g/mol. The average molecular weight is 520 g/mol. The van der Waals surface area contributed by atoms with Gasteiger partial charge < -0.3 is 10.5 Å². The minimum absolute atomic E-state index is 0.0213. The lowest BCUT2D eigenvalue weighted by Crippen LogP contribution is -2.42. The second-order valence-electron chi connectivity index (χ2n) is 8.20. The third-order valence-corrected chi connectivity index (χ3v) is 7.16. The fourth-order valence-corrected chi connectivity index (χ4v) is 5.36. The van der Waals surface area contributed by atoms with Crippen molar-refractivity contribution in [1.29, 1.82) is 15.8 Å². The summed E-state index contributed by atoms with van der Waals surface area (Å²) in [5.41, 5.74) is 7.49. The molecule has 2 N–H and O–H groups in total. The summed E-state index contributed by atoms with van der Waals surface area (Å²) >= 11 is 9.52. The van der Waals surface area contributed by atoms with Crippen molar-refractivity contribution in [3.63, 3.8) is 0 Å². The van der Waals surface area contributed by atoms with Crippen molar-refractivity contribution in [2.45, 2.75) is 31.8 Å². The number of nitrogens with two attached hydrogens (primary N) is 1. The summed E-state index contributed by atoms with van der Waals surface area (Å²) in [5.74, 6) is -0.188. The Hall–Kier alpha value is -3.24. The molecule has 0 fully saturated rings. The predicted molar refractivity (Wildman–Crippen MR) is 129 cm³/mol. The van der Waals surface area contributed by atoms with Crippen LogP contribution in [0.3, 0.4) is 0 Å². The minimum Gasteiger partial charge on any atom is -0.489 e. The van der Waals surface area contributed by atoms with E-state index in [-0.39, 0.29) is 17.2 Å². The number of hydrogen-bond donors (Lipinski definition) is 1. The van der Waals surface area contributed by atoms with Crippen LogP contribution in [0.2, 0.25) is 5.02 Å². The van der Waals surface area contributed by atoms with Gasteiger partial charge in [0.25, 0.3) is 0 Å². The van der Waals surface area contributed by atoms with E-state index in [1.165, 1.54) is 0 Å². The van der Waals surface area contributed by atoms with Crippen LogP contribution in [0.4, 0.5) is 0 Å². The van der Waals surface area contributed by atoms with E-state index < -0.39 is 11.3 Å². The highest BCUT2D eigenvalue weighted by molar-refractivity contribution is 9.10. The first-order valence-electron chi connectivity index (χ1n) is 10.5. The number of halogens is 2. The Kier molecular flexibility index (Phi) is 6.48. The Balaban J connectivity index is 1.86. The molecule has 2 aromatic rings. The summed E-state index contributed by atoms with van der Waals surface area (Å²) in [6.45, 7) is 0.298. The maximum atomic E-state index is 10.3. The normalized spacial score (nSPS) is 21.1. The van der Waals surface area contributed by atoms with Crippen LogP contribution in [0.15, 0.2) is 69.9 Å². The zero-order valence-corrected chi connectivity index (χ0v) is 20.0. The van der Waals surface area contributed by atoms with Gasteiger partial charge in [0.05, 0.1) is 23.4 Å². The van der Waals surface area contributed by atoms with Gasteiger partial charge in [-0.2, -0.15) is 15.8 Å². The predicted octanol–water partition coefficient (Wildman–Crippen LogP) is 6.28. The first-order valence-corrected chi connectivity index (χ1v) is 11.7. The van der Waals surface area contributed by atoms with Crippen molar-refractivity contribution in [2.24, 2.45) is 17.1 Å². The molecule has 2 aromatic carbocycles. The van der Waals surface area contributed by atoms with Gasteiger partial charge >= 0.3 is 0 Å². The van der Waals surface area contributed by atoms with Crippen LogP contribution in [0.25, 0.3) is 0 Å². The standard InChI is InChI=1S/C26H20BrClN4O/c27-17-7-10-23(33-13-16-5-8-18(28)9-6-16)21(11-17)24-20-4-2-1-3-19(20)22(12-29)25(32)26(24,14-30)15-31/h3,5-11,20,24H,1-2,4,13,32H2/t20-,24-/m0/s1. The molecule has 33 heavy (non-hydrogen) atoms. The van der Waals surface area contributed by atoms with Gasteiger partial charge in [0.2, 0.25) is 0 Å². The second kappa shape index (κ2) is 9.32. The van der Waals surface area contributed by atoms with E-state index in [1.807, 2.05) is 36.4 Å². The Morgan fingerprint density at radius 3 is 2.52 bits per heavy atom. The number of benzene rings is 2. The fourth-order valence-electron chi connectivity index (χ4n) is 4.85. The zero-order chi connectivity index (χ0) is 23.6. The fraction of sp³-hybridized carbons (Fsp3) is 0.269. The van der Waals surface area contributed by atoms with Crippen LogP contribution in [0.5, 0.6) is 5.75 Å². The van der Waals surface area contributed by atoms with Crippen molar-refractivity contribution in [3.05, 3.63) is 86.0 Å². The number of fused-ring (bicyclic) bond motifs is 1. The number of hydrogen-bond acceptors (Lipinski definition) is 5. The SMILES string of the molecule is N#CC1=C(N)C(C#N)(C#N)[C@H](c2cc(Br)ccc2OCc2ccc(Cl)cc2)[C@H]2CCCC=C12. The van der Waals surface area contributed by atoms with E-state index in [4.69, 9.17) is 22.1 Å². The van der Waals surface area contributed by atoms with Gasteiger partial charge in [-0.05, 0) is 66.6 Å². The molecule has 0 saturated carbocycles. The van der Waals surface area contributed by atoms with Crippen LogP contribution < -0.4 is 10.5 Å². The maximum Gasteiger partial charge on any atom is 0.191 e. The summed E-state index contributed by atoms with van der Waals surface area (Å²) in [5, 5.41) is 31.0. The van der Waals surface area contributed by atoms with Gasteiger partial charge in [-0.3, -0.25) is 0 Å². The highest BCUT2D eigenvalue weighted by Gasteiger charge is 2.54. The molecule has 0 saturated heterocycles. The van der Waals surface area contributed by atoms with Gasteiger partial charge in [-0.15, -0.1) is 0 Å². The third kappa shape index (κ3) is 4.00. The topological polar surface area (TPSA) is 107 Å². The number of nitriles is 3. The molecule has 0 spiro atoms. The molecule has 0 bridgehead atoms. The quantitative estimate of drug-likeness (QED) is 0.512. The van der Waals surface area contributed by atoms with E-state index >= 15 is 0 Å². The van der Waals surface area contributed by atoms with E-state index in [0.29, 0.717) is 17.4 Å². The lowest BCUT2D eigenvalue weighted by atomic mass is 9.56. The monoisotopic (exact) mass is 518 g/mol. The molecule has 0 aromatic heterocycles. The molecular formula is C26H20BrClN4O. The Bertz CT molecular complexity index is 1260. The van der Waals surface area contributed by atoms with E-state index in [2.05, 4.69) is 34.1 Å². The van der Waals surface area contributed by atoms with Crippen LogP contribution >= 0.6 is 27.5 Å². The van der Waals surface area contributed by atoms with Gasteiger partial charge in [0.1, 0.15) is 18.4 Å². The van der Waals surface area contributed by atoms with Gasteiger partial charge in [0.15, 0.2) is 5.41 Å². The van der Waals surface area contributed by atoms with Gasteiger partial charge in [0, 0.05) is 21.0 Å². The van der Waals surface area contributed by atoms with Crippen LogP contribution in [-0.4, -0.2) is 0 Å². The number of rotatable bonds is 4. The summed E-state index contributed by atoms with van der Waals surface area (Å²) in [7, 11) is 0. The van der Waals surface area contributed by atoms with Crippen molar-refractivity contribution in [1.82, 2.24) is 0 Å². The molecule has 0 aliphatic heterocycles. The summed E-state index contributed by atoms with van der Waals surface area (Å²) in [4.78, 5) is 0. The lowest BCUT2D eigenvalue weighted by Gasteiger charge is -2.43. The molecule has 4 rings (SSSR count). The largest absolute Gasteiger partial charge is 0.489 e. The molecule has 2 aliphatic rings. The molecule has 5 nitrogen and oxygen atoms in total. The molecule has 0 unspecified atom stereocenters. The van der Waals surface area contributed by atoms with Gasteiger partial charge in [-0.1, -0.05) is 45.7 Å². The van der Waals surface area contributed by atoms with Crippen molar-refractivity contribution in [2.75, 3.05) is 0 Å².